The maximum absolute atomic E-state index is 8.89. The van der Waals surface area contributed by atoms with Crippen LogP contribution in [0.15, 0.2) is 18.2 Å². The highest BCUT2D eigenvalue weighted by Gasteiger charge is 2.12. The molecule has 1 rings (SSSR count). The van der Waals surface area contributed by atoms with Crippen LogP contribution in [0.25, 0.3) is 0 Å². The van der Waals surface area contributed by atoms with Gasteiger partial charge in [-0.15, -0.1) is 0 Å². The molecule has 16 heavy (non-hydrogen) atoms. The highest BCUT2D eigenvalue weighted by molar-refractivity contribution is 5.40. The smallest absolute Gasteiger partial charge is 0.168 e. The van der Waals surface area contributed by atoms with E-state index in [1.807, 2.05) is 12.1 Å². The molecule has 0 unspecified atom stereocenters. The van der Waals surface area contributed by atoms with E-state index < -0.39 is 0 Å². The Labute approximate surface area is 98.2 Å². The lowest BCUT2D eigenvalue weighted by Crippen LogP contribution is -2.05. The molecule has 0 radical (unpaired) electrons. The second kappa shape index (κ2) is 5.90. The van der Waals surface area contributed by atoms with E-state index in [0.29, 0.717) is 17.6 Å². The van der Waals surface area contributed by atoms with E-state index in [9.17, 15) is 0 Å². The second-order valence-corrected chi connectivity index (χ2v) is 5.18. The van der Waals surface area contributed by atoms with Crippen LogP contribution in [0.5, 0.6) is 5.75 Å². The second-order valence-electron chi connectivity index (χ2n) is 5.18. The summed E-state index contributed by atoms with van der Waals surface area (Å²) in [6, 6.07) is 5.88. The van der Waals surface area contributed by atoms with Crippen LogP contribution >= 0.6 is 0 Å². The van der Waals surface area contributed by atoms with Crippen LogP contribution in [0.1, 0.15) is 38.8 Å². The van der Waals surface area contributed by atoms with Gasteiger partial charge in [0.15, 0.2) is 5.75 Å². The quantitative estimate of drug-likeness (QED) is 0.604. The van der Waals surface area contributed by atoms with Crippen molar-refractivity contribution in [2.24, 2.45) is 11.8 Å². The zero-order valence-electron chi connectivity index (χ0n) is 10.7. The molecule has 90 valence electrons. The maximum Gasteiger partial charge on any atom is 0.168 e. The van der Waals surface area contributed by atoms with Gasteiger partial charge in [0, 0.05) is 5.56 Å². The third kappa shape index (κ3) is 3.53. The highest BCUT2D eigenvalue weighted by atomic mass is 17.1. The molecule has 2 heteroatoms. The molecule has 1 aromatic carbocycles. The summed E-state index contributed by atoms with van der Waals surface area (Å²) < 4.78 is 0. The van der Waals surface area contributed by atoms with Crippen molar-refractivity contribution in [2.45, 2.75) is 40.5 Å². The van der Waals surface area contributed by atoms with Gasteiger partial charge in [-0.25, -0.2) is 5.26 Å². The van der Waals surface area contributed by atoms with E-state index in [1.165, 1.54) is 5.56 Å². The number of benzene rings is 1. The average Bonchev–Trinajstić information content (AvgIpc) is 2.19. The van der Waals surface area contributed by atoms with E-state index >= 15 is 0 Å². The van der Waals surface area contributed by atoms with Gasteiger partial charge in [0.2, 0.25) is 0 Å². The summed E-state index contributed by atoms with van der Waals surface area (Å²) in [6.07, 6.45) is 1.97. The molecule has 0 spiro atoms. The summed E-state index contributed by atoms with van der Waals surface area (Å²) in [5, 5.41) is 8.89. The first-order chi connectivity index (χ1) is 7.54. The van der Waals surface area contributed by atoms with Gasteiger partial charge in [-0.1, -0.05) is 39.8 Å². The molecule has 0 aliphatic heterocycles. The van der Waals surface area contributed by atoms with E-state index in [4.69, 9.17) is 5.26 Å². The Bertz CT molecular complexity index is 330. The fourth-order valence-electron chi connectivity index (χ4n) is 1.97. The standard InChI is InChI=1S/C14H22O2/c1-10(2)8-12-6-5-7-14(16-15)13(12)9-11(3)4/h5-7,10-11,15H,8-9H2,1-4H3. The first kappa shape index (κ1) is 13.0. The molecule has 0 fully saturated rings. The topological polar surface area (TPSA) is 29.5 Å². The third-order valence-electron chi connectivity index (χ3n) is 2.57. The van der Waals surface area contributed by atoms with Gasteiger partial charge in [0.1, 0.15) is 0 Å². The van der Waals surface area contributed by atoms with Crippen LogP contribution in [0.2, 0.25) is 0 Å². The van der Waals surface area contributed by atoms with Gasteiger partial charge in [0.25, 0.3) is 0 Å². The van der Waals surface area contributed by atoms with E-state index in [1.54, 1.807) is 0 Å². The van der Waals surface area contributed by atoms with Crippen molar-refractivity contribution in [3.63, 3.8) is 0 Å². The van der Waals surface area contributed by atoms with Crippen LogP contribution in [0.3, 0.4) is 0 Å². The van der Waals surface area contributed by atoms with Crippen LogP contribution in [0.4, 0.5) is 0 Å². The fraction of sp³-hybridized carbons (Fsp3) is 0.571. The van der Waals surface area contributed by atoms with E-state index in [0.717, 1.165) is 18.4 Å². The van der Waals surface area contributed by atoms with E-state index in [-0.39, 0.29) is 0 Å². The lowest BCUT2D eigenvalue weighted by atomic mass is 9.92. The summed E-state index contributed by atoms with van der Waals surface area (Å²) >= 11 is 0. The predicted octanol–water partition coefficient (Wildman–Crippen LogP) is 3.94. The van der Waals surface area contributed by atoms with Gasteiger partial charge in [0.05, 0.1) is 0 Å². The molecule has 0 saturated heterocycles. The Morgan fingerprint density at radius 1 is 1.06 bits per heavy atom. The van der Waals surface area contributed by atoms with Crippen molar-refractivity contribution < 1.29 is 10.1 Å². The minimum Gasteiger partial charge on any atom is -0.340 e. The highest BCUT2D eigenvalue weighted by Crippen LogP contribution is 2.26. The molecular weight excluding hydrogens is 200 g/mol. The van der Waals surface area contributed by atoms with Gasteiger partial charge in [-0.05, 0) is 36.3 Å². The molecule has 1 aromatic rings. The SMILES string of the molecule is CC(C)Cc1cccc(OO)c1CC(C)C. The minimum absolute atomic E-state index is 0.558. The average molecular weight is 222 g/mol. The Balaban J connectivity index is 3.04. The van der Waals surface area contributed by atoms with Crippen molar-refractivity contribution in [2.75, 3.05) is 0 Å². The third-order valence-corrected chi connectivity index (χ3v) is 2.57. The zero-order valence-corrected chi connectivity index (χ0v) is 10.7. The number of rotatable bonds is 5. The molecule has 1 N–H and O–H groups in total. The molecule has 0 bridgehead atoms. The summed E-state index contributed by atoms with van der Waals surface area (Å²) in [5.41, 5.74) is 2.43. The Hall–Kier alpha value is -1.02. The van der Waals surface area contributed by atoms with Crippen molar-refractivity contribution in [3.05, 3.63) is 29.3 Å². The van der Waals surface area contributed by atoms with Gasteiger partial charge >= 0.3 is 0 Å². The molecule has 0 atom stereocenters. The van der Waals surface area contributed by atoms with Crippen LogP contribution in [0, 0.1) is 11.8 Å². The van der Waals surface area contributed by atoms with E-state index in [2.05, 4.69) is 38.6 Å². The predicted molar refractivity (Wildman–Crippen MR) is 66.8 cm³/mol. The molecule has 0 heterocycles. The molecule has 0 aliphatic rings. The fourth-order valence-corrected chi connectivity index (χ4v) is 1.97. The van der Waals surface area contributed by atoms with Crippen LogP contribution in [-0.2, 0) is 12.8 Å². The first-order valence-electron chi connectivity index (χ1n) is 5.96. The summed E-state index contributed by atoms with van der Waals surface area (Å²) in [7, 11) is 0. The Morgan fingerprint density at radius 2 is 1.69 bits per heavy atom. The van der Waals surface area contributed by atoms with Gasteiger partial charge in [-0.2, -0.15) is 0 Å². The normalized spacial score (nSPS) is 11.2. The lowest BCUT2D eigenvalue weighted by molar-refractivity contribution is -0.138. The van der Waals surface area contributed by atoms with Gasteiger partial charge in [-0.3, -0.25) is 0 Å². The van der Waals surface area contributed by atoms with Crippen molar-refractivity contribution in [1.82, 2.24) is 0 Å². The Kier molecular flexibility index (Phi) is 4.81. The molecule has 0 amide bonds. The van der Waals surface area contributed by atoms with Crippen LogP contribution in [-0.4, -0.2) is 5.26 Å². The number of hydrogen-bond acceptors (Lipinski definition) is 2. The van der Waals surface area contributed by atoms with Crippen molar-refractivity contribution in [3.8, 4) is 5.75 Å². The lowest BCUT2D eigenvalue weighted by Gasteiger charge is -2.15. The minimum atomic E-state index is 0.558. The molecule has 2 nitrogen and oxygen atoms in total. The van der Waals surface area contributed by atoms with Crippen LogP contribution < -0.4 is 4.89 Å². The summed E-state index contributed by atoms with van der Waals surface area (Å²) in [6.45, 7) is 8.75. The van der Waals surface area contributed by atoms with Crippen molar-refractivity contribution in [1.29, 1.82) is 0 Å². The summed E-state index contributed by atoms with van der Waals surface area (Å²) in [4.78, 5) is 4.47. The monoisotopic (exact) mass is 222 g/mol. The van der Waals surface area contributed by atoms with Gasteiger partial charge < -0.3 is 4.89 Å². The molecular formula is C14H22O2. The molecule has 0 aromatic heterocycles. The first-order valence-corrected chi connectivity index (χ1v) is 5.96. The maximum atomic E-state index is 8.89. The Morgan fingerprint density at radius 3 is 2.19 bits per heavy atom. The summed E-state index contributed by atoms with van der Waals surface area (Å²) in [5.74, 6) is 1.77. The number of hydrogen-bond donors (Lipinski definition) is 1. The molecule has 0 saturated carbocycles. The van der Waals surface area contributed by atoms with Crippen molar-refractivity contribution >= 4 is 0 Å². The largest absolute Gasteiger partial charge is 0.340 e. The molecule has 0 aliphatic carbocycles. The zero-order chi connectivity index (χ0) is 12.1.